The van der Waals surface area contributed by atoms with Gasteiger partial charge in [0.25, 0.3) is 0 Å². The Morgan fingerprint density at radius 2 is 2.12 bits per heavy atom. The number of hydrogen-bond acceptors (Lipinski definition) is 2. The first-order valence-electron chi connectivity index (χ1n) is 4.23. The summed E-state index contributed by atoms with van der Waals surface area (Å²) in [5.74, 6) is -0.606. The highest BCUT2D eigenvalue weighted by molar-refractivity contribution is 9.10. The summed E-state index contributed by atoms with van der Waals surface area (Å²) in [4.78, 5) is 11.2. The standard InChI is InChI=1S/C9H6BrCl3FNO2/c10-5-1-2-7(6(14)3-5)15-8(16)17-4-9(11,12)13/h1-3H,4H2,(H,15,16). The second kappa shape index (κ2) is 6.09. The molecule has 17 heavy (non-hydrogen) atoms. The van der Waals surface area contributed by atoms with Gasteiger partial charge in [0.15, 0.2) is 0 Å². The normalized spacial score (nSPS) is 11.1. The van der Waals surface area contributed by atoms with E-state index in [2.05, 4.69) is 26.0 Å². The zero-order valence-electron chi connectivity index (χ0n) is 8.15. The van der Waals surface area contributed by atoms with Gasteiger partial charge in [-0.1, -0.05) is 50.7 Å². The number of rotatable bonds is 2. The fourth-order valence-electron chi connectivity index (χ4n) is 0.884. The van der Waals surface area contributed by atoms with E-state index in [1.54, 1.807) is 6.07 Å². The molecule has 1 aromatic rings. The summed E-state index contributed by atoms with van der Waals surface area (Å²) in [5, 5.41) is 2.18. The fraction of sp³-hybridized carbons (Fsp3) is 0.222. The van der Waals surface area contributed by atoms with Crippen LogP contribution in [0.1, 0.15) is 0 Å². The number of ether oxygens (including phenoxy) is 1. The van der Waals surface area contributed by atoms with Crippen molar-refractivity contribution < 1.29 is 13.9 Å². The summed E-state index contributed by atoms with van der Waals surface area (Å²) in [6.07, 6.45) is -0.905. The van der Waals surface area contributed by atoms with Gasteiger partial charge in [-0.05, 0) is 18.2 Å². The maximum Gasteiger partial charge on any atom is 0.411 e. The zero-order chi connectivity index (χ0) is 13.1. The Morgan fingerprint density at radius 1 is 1.47 bits per heavy atom. The van der Waals surface area contributed by atoms with Crippen LogP contribution < -0.4 is 5.32 Å². The quantitative estimate of drug-likeness (QED) is 0.784. The summed E-state index contributed by atoms with van der Waals surface area (Å²) in [6.45, 7) is -0.429. The molecular weight excluding hydrogens is 359 g/mol. The molecule has 0 aliphatic heterocycles. The van der Waals surface area contributed by atoms with Crippen LogP contribution in [0.5, 0.6) is 0 Å². The molecule has 0 heterocycles. The van der Waals surface area contributed by atoms with Gasteiger partial charge in [-0.15, -0.1) is 0 Å². The zero-order valence-corrected chi connectivity index (χ0v) is 12.0. The molecule has 0 saturated heterocycles. The van der Waals surface area contributed by atoms with Crippen molar-refractivity contribution in [2.24, 2.45) is 0 Å². The van der Waals surface area contributed by atoms with Crippen LogP contribution in [0, 0.1) is 5.82 Å². The average molecular weight is 365 g/mol. The Hall–Kier alpha value is -0.230. The Labute approximate surface area is 120 Å². The summed E-state index contributed by atoms with van der Waals surface area (Å²) >= 11 is 19.2. The number of amides is 1. The van der Waals surface area contributed by atoms with E-state index < -0.39 is 22.3 Å². The molecule has 0 unspecified atom stereocenters. The molecule has 0 saturated carbocycles. The lowest BCUT2D eigenvalue weighted by Gasteiger charge is -2.12. The third kappa shape index (κ3) is 5.77. The third-order valence-corrected chi connectivity index (χ3v) is 2.36. The van der Waals surface area contributed by atoms with Crippen LogP contribution >= 0.6 is 50.7 Å². The molecule has 1 aromatic carbocycles. The lowest BCUT2D eigenvalue weighted by Crippen LogP contribution is -2.21. The Morgan fingerprint density at radius 3 is 2.65 bits per heavy atom. The van der Waals surface area contributed by atoms with Gasteiger partial charge in [-0.25, -0.2) is 9.18 Å². The fourth-order valence-corrected chi connectivity index (χ4v) is 1.38. The number of carbonyl (C=O) groups excluding carboxylic acids is 1. The molecule has 0 bridgehead atoms. The molecule has 1 N–H and O–H groups in total. The lowest BCUT2D eigenvalue weighted by atomic mass is 10.3. The number of benzene rings is 1. The van der Waals surface area contributed by atoms with Gasteiger partial charge in [0.2, 0.25) is 3.79 Å². The topological polar surface area (TPSA) is 38.3 Å². The highest BCUT2D eigenvalue weighted by atomic mass is 79.9. The third-order valence-electron chi connectivity index (χ3n) is 1.53. The molecule has 8 heteroatoms. The van der Waals surface area contributed by atoms with Crippen molar-refractivity contribution >= 4 is 62.5 Å². The predicted molar refractivity (Wildman–Crippen MR) is 69.4 cm³/mol. The first-order chi connectivity index (χ1) is 7.78. The maximum absolute atomic E-state index is 13.3. The molecule has 1 rings (SSSR count). The minimum absolute atomic E-state index is 0.0254. The Kier molecular flexibility index (Phi) is 5.31. The summed E-state index contributed by atoms with van der Waals surface area (Å²) in [5.41, 5.74) is -0.0254. The SMILES string of the molecule is O=C(Nc1ccc(Br)cc1F)OCC(Cl)(Cl)Cl. The maximum atomic E-state index is 13.3. The molecule has 0 atom stereocenters. The van der Waals surface area contributed by atoms with E-state index in [4.69, 9.17) is 34.8 Å². The van der Waals surface area contributed by atoms with Crippen LogP contribution in [0.25, 0.3) is 0 Å². The van der Waals surface area contributed by atoms with Crippen LogP contribution in [-0.2, 0) is 4.74 Å². The van der Waals surface area contributed by atoms with E-state index in [1.807, 2.05) is 0 Å². The largest absolute Gasteiger partial charge is 0.445 e. The van der Waals surface area contributed by atoms with Crippen molar-refractivity contribution in [1.29, 1.82) is 0 Å². The molecule has 0 aliphatic carbocycles. The highest BCUT2D eigenvalue weighted by Crippen LogP contribution is 2.26. The number of carbonyl (C=O) groups is 1. The van der Waals surface area contributed by atoms with Crippen molar-refractivity contribution in [1.82, 2.24) is 0 Å². The van der Waals surface area contributed by atoms with E-state index in [9.17, 15) is 9.18 Å². The number of anilines is 1. The van der Waals surface area contributed by atoms with Crippen molar-refractivity contribution in [3.05, 3.63) is 28.5 Å². The minimum atomic E-state index is -1.70. The number of halogens is 5. The molecule has 94 valence electrons. The first kappa shape index (κ1) is 14.8. The van der Waals surface area contributed by atoms with Crippen LogP contribution in [0.4, 0.5) is 14.9 Å². The van der Waals surface area contributed by atoms with Crippen LogP contribution in [0.3, 0.4) is 0 Å². The van der Waals surface area contributed by atoms with Gasteiger partial charge in [-0.3, -0.25) is 5.32 Å². The van der Waals surface area contributed by atoms with Gasteiger partial charge in [0, 0.05) is 4.47 Å². The van der Waals surface area contributed by atoms with E-state index in [-0.39, 0.29) is 5.69 Å². The molecule has 0 aromatic heterocycles. The van der Waals surface area contributed by atoms with E-state index >= 15 is 0 Å². The summed E-state index contributed by atoms with van der Waals surface area (Å²) in [6, 6.07) is 4.13. The summed E-state index contributed by atoms with van der Waals surface area (Å²) < 4.78 is 16.7. The second-order valence-electron chi connectivity index (χ2n) is 2.94. The molecule has 3 nitrogen and oxygen atoms in total. The number of nitrogens with one attached hydrogen (secondary N) is 1. The molecule has 1 amide bonds. The van der Waals surface area contributed by atoms with Gasteiger partial charge >= 0.3 is 6.09 Å². The monoisotopic (exact) mass is 363 g/mol. The summed E-state index contributed by atoms with van der Waals surface area (Å²) in [7, 11) is 0. The smallest absolute Gasteiger partial charge is 0.411 e. The first-order valence-corrected chi connectivity index (χ1v) is 6.16. The molecule has 0 fully saturated rings. The van der Waals surface area contributed by atoms with Gasteiger partial charge < -0.3 is 4.74 Å². The van der Waals surface area contributed by atoms with E-state index in [0.29, 0.717) is 4.47 Å². The van der Waals surface area contributed by atoms with Crippen LogP contribution in [0.15, 0.2) is 22.7 Å². The predicted octanol–water partition coefficient (Wildman–Crippen LogP) is 4.51. The van der Waals surface area contributed by atoms with Gasteiger partial charge in [-0.2, -0.15) is 0 Å². The average Bonchev–Trinajstić information content (AvgIpc) is 2.18. The van der Waals surface area contributed by atoms with Crippen molar-refractivity contribution in [2.75, 3.05) is 11.9 Å². The molecule has 0 spiro atoms. The highest BCUT2D eigenvalue weighted by Gasteiger charge is 2.22. The van der Waals surface area contributed by atoms with E-state index in [1.165, 1.54) is 12.1 Å². The minimum Gasteiger partial charge on any atom is -0.445 e. The van der Waals surface area contributed by atoms with Crippen molar-refractivity contribution in [3.8, 4) is 0 Å². The Balaban J connectivity index is 2.57. The second-order valence-corrected chi connectivity index (χ2v) is 6.37. The number of alkyl halides is 3. The van der Waals surface area contributed by atoms with Crippen LogP contribution in [-0.4, -0.2) is 16.5 Å². The van der Waals surface area contributed by atoms with E-state index in [0.717, 1.165) is 0 Å². The van der Waals surface area contributed by atoms with Crippen molar-refractivity contribution in [3.63, 3.8) is 0 Å². The lowest BCUT2D eigenvalue weighted by molar-refractivity contribution is 0.164. The van der Waals surface area contributed by atoms with Gasteiger partial charge in [0.05, 0.1) is 5.69 Å². The Bertz CT molecular complexity index is 425. The van der Waals surface area contributed by atoms with Gasteiger partial charge in [0.1, 0.15) is 12.4 Å². The molecular formula is C9H6BrCl3FNO2. The molecule has 0 aliphatic rings. The van der Waals surface area contributed by atoms with Crippen molar-refractivity contribution in [2.45, 2.75) is 3.79 Å². The molecule has 0 radical (unpaired) electrons. The number of hydrogen-bond donors (Lipinski definition) is 1. The van der Waals surface area contributed by atoms with Crippen LogP contribution in [0.2, 0.25) is 0 Å².